The molecule has 2 fully saturated rings. The number of carboxylic acids is 2. The van der Waals surface area contributed by atoms with Crippen LogP contribution in [0.5, 0.6) is 5.75 Å². The predicted octanol–water partition coefficient (Wildman–Crippen LogP) is 1.95. The van der Waals surface area contributed by atoms with Gasteiger partial charge in [0.15, 0.2) is 0 Å². The first-order valence-electron chi connectivity index (χ1n) is 7.12. The van der Waals surface area contributed by atoms with E-state index in [1.165, 1.54) is 12.1 Å². The Hall–Kier alpha value is -2.29. The van der Waals surface area contributed by atoms with E-state index >= 15 is 0 Å². The number of carbonyl (C=O) groups is 2. The van der Waals surface area contributed by atoms with Crippen molar-refractivity contribution in [3.63, 3.8) is 0 Å². The number of piperidine rings is 1. The van der Waals surface area contributed by atoms with Gasteiger partial charge < -0.3 is 14.9 Å². The Kier molecular flexibility index (Phi) is 3.52. The summed E-state index contributed by atoms with van der Waals surface area (Å²) in [5, 5.41) is 18.7. The molecule has 1 aliphatic carbocycles. The zero-order valence-corrected chi connectivity index (χ0v) is 12.3. The van der Waals surface area contributed by atoms with Gasteiger partial charge in [-0.25, -0.2) is 0 Å². The average molecular weight is 345 g/mol. The van der Waals surface area contributed by atoms with E-state index in [4.69, 9.17) is 0 Å². The summed E-state index contributed by atoms with van der Waals surface area (Å²) in [6.07, 6.45) is -4.72. The first-order chi connectivity index (χ1) is 11.1. The number of alkyl halides is 3. The molecule has 2 N–H and O–H groups in total. The number of likely N-dealkylation sites (tertiary alicyclic amines) is 1. The van der Waals surface area contributed by atoms with Gasteiger partial charge in [0, 0.05) is 19.6 Å². The van der Waals surface area contributed by atoms with Gasteiger partial charge in [0.25, 0.3) is 0 Å². The maximum Gasteiger partial charge on any atom is 0.573 e. The van der Waals surface area contributed by atoms with Gasteiger partial charge in [-0.1, -0.05) is 12.1 Å². The maximum atomic E-state index is 12.3. The topological polar surface area (TPSA) is 87.1 Å². The predicted molar refractivity (Wildman–Crippen MR) is 73.2 cm³/mol. The summed E-state index contributed by atoms with van der Waals surface area (Å²) in [6, 6.07) is 5.34. The molecule has 0 radical (unpaired) electrons. The smallest absolute Gasteiger partial charge is 0.481 e. The van der Waals surface area contributed by atoms with Gasteiger partial charge in [-0.15, -0.1) is 13.2 Å². The van der Waals surface area contributed by atoms with Crippen LogP contribution in [0, 0.1) is 10.8 Å². The Morgan fingerprint density at radius 3 is 2.25 bits per heavy atom. The molecule has 130 valence electrons. The minimum Gasteiger partial charge on any atom is -0.481 e. The molecular formula is C15H14F3NO5. The first-order valence-corrected chi connectivity index (χ1v) is 7.12. The van der Waals surface area contributed by atoms with E-state index in [0.29, 0.717) is 5.56 Å². The Morgan fingerprint density at radius 2 is 1.75 bits per heavy atom. The number of benzene rings is 1. The van der Waals surface area contributed by atoms with Crippen molar-refractivity contribution in [2.75, 3.05) is 13.1 Å². The SMILES string of the molecule is O=C(O)[C@@]12CN(Cc3cccc(OC(F)(F)F)c3)C[C@]1(C(=O)O)C2. The monoisotopic (exact) mass is 345 g/mol. The number of nitrogens with zero attached hydrogens (tertiary/aromatic N) is 1. The molecule has 1 aromatic carbocycles. The Bertz CT molecular complexity index is 679. The third-order valence-corrected chi connectivity index (χ3v) is 4.74. The molecule has 1 heterocycles. The standard InChI is InChI=1S/C15H14F3NO5/c16-15(17,18)24-10-3-1-2-9(4-10)5-19-7-13(11(20)21)6-14(13,8-19)12(22)23/h1-4H,5-8H2,(H,20,21)(H,22,23)/t13-,14+. The molecule has 0 amide bonds. The lowest BCUT2D eigenvalue weighted by Crippen LogP contribution is -2.28. The van der Waals surface area contributed by atoms with Crippen LogP contribution in [0.25, 0.3) is 0 Å². The molecule has 0 aromatic heterocycles. The third kappa shape index (κ3) is 2.58. The average Bonchev–Trinajstić information content (AvgIpc) is 2.97. The van der Waals surface area contributed by atoms with Crippen molar-refractivity contribution in [1.29, 1.82) is 0 Å². The zero-order valence-electron chi connectivity index (χ0n) is 12.3. The number of carboxylic acid groups (broad SMARTS) is 2. The fourth-order valence-electron chi connectivity index (χ4n) is 3.61. The number of hydrogen-bond donors (Lipinski definition) is 2. The maximum absolute atomic E-state index is 12.3. The zero-order chi connectivity index (χ0) is 17.8. The molecule has 1 saturated carbocycles. The second-order valence-electron chi connectivity index (χ2n) is 6.29. The van der Waals surface area contributed by atoms with Gasteiger partial charge in [0.2, 0.25) is 0 Å². The van der Waals surface area contributed by atoms with Crippen LogP contribution in [-0.2, 0) is 16.1 Å². The van der Waals surface area contributed by atoms with E-state index in [9.17, 15) is 33.0 Å². The van der Waals surface area contributed by atoms with Crippen LogP contribution in [0.2, 0.25) is 0 Å². The van der Waals surface area contributed by atoms with Crippen LogP contribution >= 0.6 is 0 Å². The van der Waals surface area contributed by atoms with E-state index in [0.717, 1.165) is 6.07 Å². The van der Waals surface area contributed by atoms with Crippen molar-refractivity contribution in [3.05, 3.63) is 29.8 Å². The Labute approximate surface area is 134 Å². The van der Waals surface area contributed by atoms with Crippen LogP contribution in [0.1, 0.15) is 12.0 Å². The van der Waals surface area contributed by atoms with Crippen LogP contribution < -0.4 is 4.74 Å². The number of fused-ring (bicyclic) bond motifs is 1. The van der Waals surface area contributed by atoms with Gasteiger partial charge in [0.1, 0.15) is 5.75 Å². The second-order valence-corrected chi connectivity index (χ2v) is 6.29. The van der Waals surface area contributed by atoms with Crippen molar-refractivity contribution in [3.8, 4) is 5.75 Å². The minimum absolute atomic E-state index is 0.0546. The van der Waals surface area contributed by atoms with Crippen molar-refractivity contribution < 1.29 is 37.7 Å². The minimum atomic E-state index is -4.80. The summed E-state index contributed by atoms with van der Waals surface area (Å²) < 4.78 is 40.6. The Morgan fingerprint density at radius 1 is 1.17 bits per heavy atom. The van der Waals surface area contributed by atoms with Crippen molar-refractivity contribution >= 4 is 11.9 Å². The molecular weight excluding hydrogens is 331 g/mol. The molecule has 1 aromatic rings. The van der Waals surface area contributed by atoms with Crippen LogP contribution in [0.15, 0.2) is 24.3 Å². The van der Waals surface area contributed by atoms with E-state index < -0.39 is 29.1 Å². The van der Waals surface area contributed by atoms with Gasteiger partial charge >= 0.3 is 18.3 Å². The number of rotatable bonds is 5. The highest BCUT2D eigenvalue weighted by Gasteiger charge is 2.80. The molecule has 2 aliphatic rings. The quantitative estimate of drug-likeness (QED) is 0.848. The van der Waals surface area contributed by atoms with E-state index in [1.807, 2.05) is 0 Å². The molecule has 24 heavy (non-hydrogen) atoms. The molecule has 2 atom stereocenters. The van der Waals surface area contributed by atoms with Crippen LogP contribution in [-0.4, -0.2) is 46.5 Å². The van der Waals surface area contributed by atoms with Crippen LogP contribution in [0.3, 0.4) is 0 Å². The summed E-state index contributed by atoms with van der Waals surface area (Å²) in [7, 11) is 0. The summed E-state index contributed by atoms with van der Waals surface area (Å²) in [5.41, 5.74) is -2.13. The van der Waals surface area contributed by atoms with Gasteiger partial charge in [-0.2, -0.15) is 0 Å². The molecule has 3 rings (SSSR count). The lowest BCUT2D eigenvalue weighted by Gasteiger charge is -2.20. The fraction of sp³-hybridized carbons (Fsp3) is 0.467. The molecule has 1 saturated heterocycles. The highest BCUT2D eigenvalue weighted by Crippen LogP contribution is 2.68. The normalized spacial score (nSPS) is 29.1. The van der Waals surface area contributed by atoms with E-state index in [1.54, 1.807) is 11.0 Å². The highest BCUT2D eigenvalue weighted by atomic mass is 19.4. The second kappa shape index (κ2) is 5.10. The molecule has 0 bridgehead atoms. The van der Waals surface area contributed by atoms with Crippen molar-refractivity contribution in [1.82, 2.24) is 4.90 Å². The fourth-order valence-corrected chi connectivity index (χ4v) is 3.61. The van der Waals surface area contributed by atoms with E-state index in [-0.39, 0.29) is 31.8 Å². The van der Waals surface area contributed by atoms with Gasteiger partial charge in [-0.05, 0) is 24.1 Å². The number of halogens is 3. The summed E-state index contributed by atoms with van der Waals surface area (Å²) >= 11 is 0. The van der Waals surface area contributed by atoms with Crippen molar-refractivity contribution in [2.24, 2.45) is 10.8 Å². The third-order valence-electron chi connectivity index (χ3n) is 4.74. The van der Waals surface area contributed by atoms with Crippen LogP contribution in [0.4, 0.5) is 13.2 Å². The summed E-state index contributed by atoms with van der Waals surface area (Å²) in [6.45, 7) is 0.261. The lowest BCUT2D eigenvalue weighted by atomic mass is 9.97. The Balaban J connectivity index is 1.74. The number of hydrogen-bond acceptors (Lipinski definition) is 4. The summed E-state index contributed by atoms with van der Waals surface area (Å²) in [5.74, 6) is -2.67. The van der Waals surface area contributed by atoms with Crippen molar-refractivity contribution in [2.45, 2.75) is 19.3 Å². The molecule has 1 aliphatic heterocycles. The molecule has 9 heteroatoms. The van der Waals surface area contributed by atoms with Gasteiger partial charge in [-0.3, -0.25) is 14.5 Å². The molecule has 6 nitrogen and oxygen atoms in total. The molecule has 0 spiro atoms. The lowest BCUT2D eigenvalue weighted by molar-refractivity contribution is -0.274. The molecule has 0 unspecified atom stereocenters. The number of ether oxygens (including phenoxy) is 1. The largest absolute Gasteiger partial charge is 0.573 e. The first kappa shape index (κ1) is 16.6. The summed E-state index contributed by atoms with van der Waals surface area (Å²) in [4.78, 5) is 24.5. The van der Waals surface area contributed by atoms with E-state index in [2.05, 4.69) is 4.74 Å². The number of aliphatic carboxylic acids is 2. The highest BCUT2D eigenvalue weighted by molar-refractivity contribution is 5.94. The van der Waals surface area contributed by atoms with Gasteiger partial charge in [0.05, 0.1) is 10.8 Å².